The van der Waals surface area contributed by atoms with E-state index in [-0.39, 0.29) is 5.56 Å². The van der Waals surface area contributed by atoms with Crippen LogP contribution in [0.4, 0.5) is 0 Å². The maximum absolute atomic E-state index is 11.9. The Morgan fingerprint density at radius 1 is 1.26 bits per heavy atom. The largest absolute Gasteiger partial charge is 0.313 e. The molecule has 1 N–H and O–H groups in total. The van der Waals surface area contributed by atoms with Crippen molar-refractivity contribution in [3.05, 3.63) is 56.3 Å². The average Bonchev–Trinajstić information content (AvgIpc) is 2.40. The Hall–Kier alpha value is -1.76. The fourth-order valence-electron chi connectivity index (χ4n) is 2.03. The van der Waals surface area contributed by atoms with E-state index in [2.05, 4.69) is 37.5 Å². The third-order valence-corrected chi connectivity index (χ3v) is 3.59. The highest BCUT2D eigenvalue weighted by Crippen LogP contribution is 2.22. The van der Waals surface area contributed by atoms with E-state index in [0.29, 0.717) is 10.9 Å². The summed E-state index contributed by atoms with van der Waals surface area (Å²) >= 11 is 2.26. The van der Waals surface area contributed by atoms with Gasteiger partial charge in [-0.2, -0.15) is 0 Å². The molecular formula is C14H10IN3O. The summed E-state index contributed by atoms with van der Waals surface area (Å²) in [5, 5.41) is 0.573. The van der Waals surface area contributed by atoms with Gasteiger partial charge in [-0.1, -0.05) is 12.1 Å². The van der Waals surface area contributed by atoms with Gasteiger partial charge in [-0.25, -0.2) is 4.98 Å². The molecule has 0 radical (unpaired) electrons. The van der Waals surface area contributed by atoms with Crippen LogP contribution in [-0.2, 0) is 0 Å². The summed E-state index contributed by atoms with van der Waals surface area (Å²) in [7, 11) is 0. The number of aromatic amines is 1. The van der Waals surface area contributed by atoms with Crippen molar-refractivity contribution in [1.82, 2.24) is 15.0 Å². The van der Waals surface area contributed by atoms with Crippen molar-refractivity contribution >= 4 is 33.5 Å². The Balaban J connectivity index is 2.32. The highest BCUT2D eigenvalue weighted by Gasteiger charge is 2.08. The number of aromatic nitrogens is 3. The molecule has 4 nitrogen and oxygen atoms in total. The summed E-state index contributed by atoms with van der Waals surface area (Å²) in [5.74, 6) is 0. The molecule has 0 fully saturated rings. The van der Waals surface area contributed by atoms with Crippen LogP contribution in [0.15, 0.2) is 41.5 Å². The zero-order valence-corrected chi connectivity index (χ0v) is 12.3. The number of rotatable bonds is 1. The first kappa shape index (κ1) is 12.3. The standard InChI is InChI=1S/C14H10IN3O/c1-8-13-11(14(19)17-7-16-13)6-12(18-8)9-3-2-4-10(15)5-9/h2-7H,1H3,(H,16,17,19). The topological polar surface area (TPSA) is 58.6 Å². The first-order chi connectivity index (χ1) is 9.15. The van der Waals surface area contributed by atoms with E-state index >= 15 is 0 Å². The van der Waals surface area contributed by atoms with Crippen LogP contribution in [0, 0.1) is 10.5 Å². The number of benzene rings is 1. The van der Waals surface area contributed by atoms with Gasteiger partial charge in [0, 0.05) is 9.13 Å². The SMILES string of the molecule is Cc1nc(-c2cccc(I)c2)cc2c(=O)[nH]cnc12. The third kappa shape index (κ3) is 2.25. The minimum atomic E-state index is -0.137. The lowest BCUT2D eigenvalue weighted by molar-refractivity contribution is 1.13. The first-order valence-corrected chi connectivity index (χ1v) is 6.84. The molecule has 2 aromatic heterocycles. The van der Waals surface area contributed by atoms with Gasteiger partial charge in [0.1, 0.15) is 0 Å². The molecule has 1 aromatic carbocycles. The molecule has 3 aromatic rings. The van der Waals surface area contributed by atoms with E-state index < -0.39 is 0 Å². The normalized spacial score (nSPS) is 10.8. The van der Waals surface area contributed by atoms with E-state index in [1.165, 1.54) is 6.33 Å². The van der Waals surface area contributed by atoms with E-state index in [1.54, 1.807) is 6.07 Å². The van der Waals surface area contributed by atoms with Gasteiger partial charge in [-0.05, 0) is 47.7 Å². The van der Waals surface area contributed by atoms with Crippen LogP contribution < -0.4 is 5.56 Å². The van der Waals surface area contributed by atoms with Gasteiger partial charge >= 0.3 is 0 Å². The molecule has 0 aliphatic carbocycles. The molecule has 0 unspecified atom stereocenters. The highest BCUT2D eigenvalue weighted by atomic mass is 127. The predicted octanol–water partition coefficient (Wildman–Crippen LogP) is 2.90. The highest BCUT2D eigenvalue weighted by molar-refractivity contribution is 14.1. The van der Waals surface area contributed by atoms with Gasteiger partial charge in [0.05, 0.1) is 28.6 Å². The third-order valence-electron chi connectivity index (χ3n) is 2.92. The number of nitrogens with one attached hydrogen (secondary N) is 1. The van der Waals surface area contributed by atoms with Gasteiger partial charge in [0.2, 0.25) is 0 Å². The molecule has 0 aliphatic heterocycles. The van der Waals surface area contributed by atoms with Crippen molar-refractivity contribution in [2.45, 2.75) is 6.92 Å². The molecular weight excluding hydrogens is 353 g/mol. The van der Waals surface area contributed by atoms with E-state index in [0.717, 1.165) is 20.5 Å². The van der Waals surface area contributed by atoms with Gasteiger partial charge in [0.25, 0.3) is 5.56 Å². The minimum absolute atomic E-state index is 0.137. The molecule has 94 valence electrons. The maximum Gasteiger partial charge on any atom is 0.258 e. The van der Waals surface area contributed by atoms with Crippen LogP contribution in [0.1, 0.15) is 5.69 Å². The summed E-state index contributed by atoms with van der Waals surface area (Å²) in [5.41, 5.74) is 3.07. The summed E-state index contributed by atoms with van der Waals surface area (Å²) in [6, 6.07) is 9.82. The molecule has 19 heavy (non-hydrogen) atoms. The molecule has 0 atom stereocenters. The lowest BCUT2D eigenvalue weighted by Gasteiger charge is -2.05. The fraction of sp³-hybridized carbons (Fsp3) is 0.0714. The quantitative estimate of drug-likeness (QED) is 0.677. The van der Waals surface area contributed by atoms with Gasteiger partial charge in [-0.3, -0.25) is 9.78 Å². The smallest absolute Gasteiger partial charge is 0.258 e. The average molecular weight is 363 g/mol. The van der Waals surface area contributed by atoms with Crippen molar-refractivity contribution in [2.75, 3.05) is 0 Å². The Morgan fingerprint density at radius 3 is 2.89 bits per heavy atom. The molecule has 0 amide bonds. The summed E-state index contributed by atoms with van der Waals surface area (Å²) in [6.07, 6.45) is 1.41. The number of fused-ring (bicyclic) bond motifs is 1. The molecule has 5 heteroatoms. The summed E-state index contributed by atoms with van der Waals surface area (Å²) in [6.45, 7) is 1.87. The fourth-order valence-corrected chi connectivity index (χ4v) is 2.57. The van der Waals surface area contributed by atoms with Crippen LogP contribution in [0.2, 0.25) is 0 Å². The molecule has 0 saturated carbocycles. The Morgan fingerprint density at radius 2 is 2.11 bits per heavy atom. The minimum Gasteiger partial charge on any atom is -0.313 e. The molecule has 0 aliphatic rings. The van der Waals surface area contributed by atoms with E-state index in [9.17, 15) is 4.79 Å². The predicted molar refractivity (Wildman–Crippen MR) is 83.0 cm³/mol. The van der Waals surface area contributed by atoms with Crippen LogP contribution in [0.3, 0.4) is 0 Å². The van der Waals surface area contributed by atoms with Crippen molar-refractivity contribution in [2.24, 2.45) is 0 Å². The first-order valence-electron chi connectivity index (χ1n) is 5.76. The van der Waals surface area contributed by atoms with Gasteiger partial charge < -0.3 is 4.98 Å². The second-order valence-corrected chi connectivity index (χ2v) is 5.48. The number of H-pyrrole nitrogens is 1. The lowest BCUT2D eigenvalue weighted by atomic mass is 10.1. The van der Waals surface area contributed by atoms with Gasteiger partial charge in [-0.15, -0.1) is 0 Å². The molecule has 3 rings (SSSR count). The van der Waals surface area contributed by atoms with E-state index in [1.807, 2.05) is 31.2 Å². The summed E-state index contributed by atoms with van der Waals surface area (Å²) in [4.78, 5) is 23.2. The molecule has 0 bridgehead atoms. The maximum atomic E-state index is 11.9. The number of hydrogen-bond acceptors (Lipinski definition) is 3. The number of hydrogen-bond donors (Lipinski definition) is 1. The van der Waals surface area contributed by atoms with Crippen LogP contribution in [0.25, 0.3) is 22.2 Å². The zero-order chi connectivity index (χ0) is 13.4. The molecule has 2 heterocycles. The Kier molecular flexibility index (Phi) is 3.06. The van der Waals surface area contributed by atoms with Crippen LogP contribution in [0.5, 0.6) is 0 Å². The molecule has 0 saturated heterocycles. The van der Waals surface area contributed by atoms with Crippen molar-refractivity contribution in [1.29, 1.82) is 0 Å². The Labute approximate surface area is 123 Å². The van der Waals surface area contributed by atoms with Crippen molar-refractivity contribution in [3.63, 3.8) is 0 Å². The number of nitrogens with zero attached hydrogens (tertiary/aromatic N) is 2. The van der Waals surface area contributed by atoms with Gasteiger partial charge in [0.15, 0.2) is 0 Å². The Bertz CT molecular complexity index is 826. The number of aryl methyl sites for hydroxylation is 1. The zero-order valence-electron chi connectivity index (χ0n) is 10.1. The second-order valence-electron chi connectivity index (χ2n) is 4.23. The second kappa shape index (κ2) is 4.73. The lowest BCUT2D eigenvalue weighted by Crippen LogP contribution is -2.08. The van der Waals surface area contributed by atoms with Crippen LogP contribution in [-0.4, -0.2) is 15.0 Å². The number of pyridine rings is 1. The summed E-state index contributed by atoms with van der Waals surface area (Å²) < 4.78 is 1.13. The van der Waals surface area contributed by atoms with Crippen molar-refractivity contribution in [3.8, 4) is 11.3 Å². The number of halogens is 1. The monoisotopic (exact) mass is 363 g/mol. The van der Waals surface area contributed by atoms with Crippen LogP contribution >= 0.6 is 22.6 Å². The molecule has 0 spiro atoms. The van der Waals surface area contributed by atoms with E-state index in [4.69, 9.17) is 0 Å². The van der Waals surface area contributed by atoms with Crippen molar-refractivity contribution < 1.29 is 0 Å².